The molecule has 0 aliphatic carbocycles. The molecule has 0 aliphatic heterocycles. The molecule has 35 heavy (non-hydrogen) atoms. The molecule has 1 amide bonds. The van der Waals surface area contributed by atoms with Crippen LogP contribution in [-0.4, -0.2) is 26.8 Å². The van der Waals surface area contributed by atoms with E-state index in [0.717, 1.165) is 5.56 Å². The third kappa shape index (κ3) is 4.46. The number of para-hydroxylation sites is 2. The lowest BCUT2D eigenvalue weighted by molar-refractivity contribution is 0.102. The predicted molar refractivity (Wildman–Crippen MR) is 142 cm³/mol. The first-order chi connectivity index (χ1) is 16.9. The zero-order chi connectivity index (χ0) is 24.5. The van der Waals surface area contributed by atoms with Gasteiger partial charge in [-0.1, -0.05) is 61.8 Å². The maximum absolute atomic E-state index is 13.3. The number of nitrogen functional groups attached to an aromatic ring is 1. The van der Waals surface area contributed by atoms with E-state index in [-0.39, 0.29) is 11.4 Å². The van der Waals surface area contributed by atoms with E-state index >= 15 is 0 Å². The maximum atomic E-state index is 13.3. The molecule has 3 aromatic carbocycles. The number of aromatic nitrogens is 3. The number of fused-ring (bicyclic) bond motifs is 2. The molecule has 0 saturated heterocycles. The fraction of sp³-hybridized carbons (Fsp3) is 0.111. The second kappa shape index (κ2) is 9.19. The minimum Gasteiger partial charge on any atom is -0.383 e. The van der Waals surface area contributed by atoms with Crippen molar-refractivity contribution < 1.29 is 4.79 Å². The van der Waals surface area contributed by atoms with Crippen molar-refractivity contribution in [2.75, 3.05) is 11.1 Å². The molecule has 5 aromatic rings. The zero-order valence-electron chi connectivity index (χ0n) is 19.2. The molecule has 0 unspecified atom stereocenters. The lowest BCUT2D eigenvalue weighted by Gasteiger charge is -2.06. The van der Waals surface area contributed by atoms with Crippen LogP contribution in [0, 0.1) is 0 Å². The minimum atomic E-state index is -0.408. The van der Waals surface area contributed by atoms with Crippen LogP contribution in [0.25, 0.3) is 22.2 Å². The second-order valence-electron chi connectivity index (χ2n) is 8.48. The molecule has 0 saturated carbocycles. The van der Waals surface area contributed by atoms with Gasteiger partial charge >= 0.3 is 0 Å². The highest BCUT2D eigenvalue weighted by Gasteiger charge is 2.24. The van der Waals surface area contributed by atoms with Gasteiger partial charge in [-0.15, -0.1) is 0 Å². The number of rotatable bonds is 5. The summed E-state index contributed by atoms with van der Waals surface area (Å²) in [5, 5.41) is 8.01. The summed E-state index contributed by atoms with van der Waals surface area (Å²) in [4.78, 5) is 22.7. The van der Waals surface area contributed by atoms with Crippen LogP contribution in [0.4, 0.5) is 11.5 Å². The number of amides is 1. The van der Waals surface area contributed by atoms with E-state index in [1.165, 1.54) is 10.2 Å². The molecule has 8 heteroatoms. The molecule has 0 atom stereocenters. The number of hydrogen-bond donors (Lipinski definition) is 2. The first kappa shape index (κ1) is 22.6. The Kier molecular flexibility index (Phi) is 5.93. The summed E-state index contributed by atoms with van der Waals surface area (Å²) >= 11 is 5.97. The number of nitrogens with two attached hydrogens (primary N) is 1. The Morgan fingerprint density at radius 3 is 2.31 bits per heavy atom. The van der Waals surface area contributed by atoms with Crippen molar-refractivity contribution in [3.05, 3.63) is 94.5 Å². The highest BCUT2D eigenvalue weighted by molar-refractivity contribution is 6.30. The van der Waals surface area contributed by atoms with Crippen molar-refractivity contribution >= 4 is 57.4 Å². The Morgan fingerprint density at radius 1 is 1.00 bits per heavy atom. The monoisotopic (exact) mass is 482 g/mol. The molecular weight excluding hydrogens is 460 g/mol. The van der Waals surface area contributed by atoms with Gasteiger partial charge in [0.15, 0.2) is 5.65 Å². The average molecular weight is 483 g/mol. The summed E-state index contributed by atoms with van der Waals surface area (Å²) in [6.45, 7) is 4.30. The van der Waals surface area contributed by atoms with E-state index in [0.29, 0.717) is 38.8 Å². The van der Waals surface area contributed by atoms with Gasteiger partial charge in [0.2, 0.25) is 0 Å². The van der Waals surface area contributed by atoms with Crippen LogP contribution in [0.15, 0.2) is 77.9 Å². The summed E-state index contributed by atoms with van der Waals surface area (Å²) in [6.07, 6.45) is 1.69. The molecule has 3 N–H and O–H groups in total. The standard InChI is InChI=1S/C27H23ClN6O/c1-16(2)18-9-7-17(8-10-18)15-30-34-25(29)23(27(35)31-20-13-11-19(28)12-14-20)24-26(34)33-22-6-4-3-5-21(22)32-24/h3-16H,29H2,1-2H3,(H,31,35)/b30-15+. The molecule has 0 radical (unpaired) electrons. The quantitative estimate of drug-likeness (QED) is 0.296. The first-order valence-corrected chi connectivity index (χ1v) is 11.6. The van der Waals surface area contributed by atoms with Gasteiger partial charge in [0.25, 0.3) is 5.91 Å². The molecule has 7 nitrogen and oxygen atoms in total. The van der Waals surface area contributed by atoms with Crippen LogP contribution in [0.2, 0.25) is 5.02 Å². The van der Waals surface area contributed by atoms with Gasteiger partial charge in [0, 0.05) is 10.7 Å². The molecule has 174 valence electrons. The molecule has 0 spiro atoms. The van der Waals surface area contributed by atoms with E-state index in [1.807, 2.05) is 36.4 Å². The summed E-state index contributed by atoms with van der Waals surface area (Å²) in [5.74, 6) is 0.182. The third-order valence-electron chi connectivity index (χ3n) is 5.73. The van der Waals surface area contributed by atoms with Crippen molar-refractivity contribution in [2.24, 2.45) is 5.10 Å². The number of anilines is 2. The van der Waals surface area contributed by atoms with E-state index in [1.54, 1.807) is 30.5 Å². The smallest absolute Gasteiger partial charge is 0.261 e. The van der Waals surface area contributed by atoms with Crippen molar-refractivity contribution in [1.82, 2.24) is 14.6 Å². The summed E-state index contributed by atoms with van der Waals surface area (Å²) < 4.78 is 1.46. The molecule has 2 aromatic heterocycles. The van der Waals surface area contributed by atoms with Gasteiger partial charge in [-0.25, -0.2) is 9.97 Å². The average Bonchev–Trinajstić information content (AvgIpc) is 3.13. The third-order valence-corrected chi connectivity index (χ3v) is 5.98. The highest BCUT2D eigenvalue weighted by Crippen LogP contribution is 2.29. The molecule has 2 heterocycles. The van der Waals surface area contributed by atoms with E-state index in [4.69, 9.17) is 27.3 Å². The van der Waals surface area contributed by atoms with Gasteiger partial charge in [-0.3, -0.25) is 4.79 Å². The summed E-state index contributed by atoms with van der Waals surface area (Å²) in [5.41, 5.74) is 11.5. The summed E-state index contributed by atoms with van der Waals surface area (Å²) in [6, 6.07) is 22.4. The molecule has 0 fully saturated rings. The molecule has 5 rings (SSSR count). The van der Waals surface area contributed by atoms with Crippen LogP contribution in [0.3, 0.4) is 0 Å². The van der Waals surface area contributed by atoms with E-state index in [9.17, 15) is 4.79 Å². The zero-order valence-corrected chi connectivity index (χ0v) is 20.0. The summed E-state index contributed by atoms with van der Waals surface area (Å²) in [7, 11) is 0. The first-order valence-electron chi connectivity index (χ1n) is 11.2. The predicted octanol–water partition coefficient (Wildman–Crippen LogP) is 6.08. The SMILES string of the molecule is CC(C)c1ccc(/C=N/n2c(N)c(C(=O)Nc3ccc(Cl)cc3)c3nc4ccccc4nc32)cc1. The van der Waals surface area contributed by atoms with Gasteiger partial charge in [-0.05, 0) is 53.4 Å². The molecule has 0 bridgehead atoms. The number of halogens is 1. The Morgan fingerprint density at radius 2 is 1.66 bits per heavy atom. The number of hydrogen-bond acceptors (Lipinski definition) is 5. The van der Waals surface area contributed by atoms with Crippen molar-refractivity contribution in [3.63, 3.8) is 0 Å². The lowest BCUT2D eigenvalue weighted by Crippen LogP contribution is -2.14. The fourth-order valence-electron chi connectivity index (χ4n) is 3.81. The topological polar surface area (TPSA) is 98.2 Å². The number of carbonyl (C=O) groups excluding carboxylic acids is 1. The van der Waals surface area contributed by atoms with Crippen LogP contribution in [0.1, 0.15) is 41.3 Å². The van der Waals surface area contributed by atoms with Gasteiger partial charge in [0.05, 0.1) is 17.2 Å². The number of nitrogens with zero attached hydrogens (tertiary/aromatic N) is 4. The van der Waals surface area contributed by atoms with Crippen LogP contribution in [-0.2, 0) is 0 Å². The van der Waals surface area contributed by atoms with Gasteiger partial charge in [0.1, 0.15) is 16.9 Å². The Bertz CT molecular complexity index is 1570. The second-order valence-corrected chi connectivity index (χ2v) is 8.92. The normalized spacial score (nSPS) is 11.7. The number of nitrogens with one attached hydrogen (secondary N) is 1. The van der Waals surface area contributed by atoms with Crippen molar-refractivity contribution in [1.29, 1.82) is 0 Å². The van der Waals surface area contributed by atoms with Crippen LogP contribution < -0.4 is 11.1 Å². The fourth-order valence-corrected chi connectivity index (χ4v) is 3.93. The largest absolute Gasteiger partial charge is 0.383 e. The minimum absolute atomic E-state index is 0.150. The lowest BCUT2D eigenvalue weighted by atomic mass is 10.0. The maximum Gasteiger partial charge on any atom is 0.261 e. The van der Waals surface area contributed by atoms with Crippen molar-refractivity contribution in [2.45, 2.75) is 19.8 Å². The number of benzene rings is 3. The molecular formula is C27H23ClN6O. The Hall–Kier alpha value is -4.23. The van der Waals surface area contributed by atoms with E-state index < -0.39 is 5.91 Å². The van der Waals surface area contributed by atoms with Gasteiger partial charge < -0.3 is 11.1 Å². The van der Waals surface area contributed by atoms with Crippen LogP contribution >= 0.6 is 11.6 Å². The highest BCUT2D eigenvalue weighted by atomic mass is 35.5. The Labute approximate surface area is 207 Å². The Balaban J connectivity index is 1.61. The van der Waals surface area contributed by atoms with E-state index in [2.05, 4.69) is 36.4 Å². The number of carbonyl (C=O) groups is 1. The van der Waals surface area contributed by atoms with Gasteiger partial charge in [-0.2, -0.15) is 9.78 Å². The van der Waals surface area contributed by atoms with Crippen LogP contribution in [0.5, 0.6) is 0 Å². The molecule has 0 aliphatic rings. The van der Waals surface area contributed by atoms with Crippen molar-refractivity contribution in [3.8, 4) is 0 Å².